The lowest BCUT2D eigenvalue weighted by molar-refractivity contribution is -0.0798. The van der Waals surface area contributed by atoms with Crippen LogP contribution in [0.3, 0.4) is 0 Å². The number of allylic oxidation sites excluding steroid dienone is 4. The lowest BCUT2D eigenvalue weighted by Crippen LogP contribution is -2.19. The van der Waals surface area contributed by atoms with Crippen molar-refractivity contribution in [3.63, 3.8) is 0 Å². The molecule has 0 aromatic heterocycles. The second-order valence-electron chi connectivity index (χ2n) is 6.41. The van der Waals surface area contributed by atoms with Gasteiger partial charge in [0.2, 0.25) is 0 Å². The molecule has 2 atom stereocenters. The molecule has 1 saturated carbocycles. The summed E-state index contributed by atoms with van der Waals surface area (Å²) in [6.07, 6.45) is 3.57. The summed E-state index contributed by atoms with van der Waals surface area (Å²) < 4.78 is 36.1. The molecule has 2 unspecified atom stereocenters. The molecule has 1 aliphatic carbocycles. The van der Waals surface area contributed by atoms with Gasteiger partial charge in [0, 0.05) is 12.3 Å². The minimum Gasteiger partial charge on any atom is -0.308 e. The van der Waals surface area contributed by atoms with E-state index in [1.54, 1.807) is 0 Å². The lowest BCUT2D eigenvalue weighted by Gasteiger charge is -2.29. The van der Waals surface area contributed by atoms with E-state index in [0.717, 1.165) is 18.9 Å². The summed E-state index contributed by atoms with van der Waals surface area (Å²) in [7, 11) is 0. The van der Waals surface area contributed by atoms with Crippen LogP contribution in [0.4, 0.5) is 13.2 Å². The highest BCUT2D eigenvalue weighted by Gasteiger charge is 2.37. The van der Waals surface area contributed by atoms with Crippen LogP contribution in [0, 0.1) is 22.7 Å². The summed E-state index contributed by atoms with van der Waals surface area (Å²) in [5, 5.41) is 7.33. The molecule has 1 nitrogen and oxygen atoms in total. The van der Waals surface area contributed by atoms with E-state index in [1.807, 2.05) is 0 Å². The molecule has 0 aliphatic heterocycles. The van der Waals surface area contributed by atoms with Gasteiger partial charge in [-0.15, -0.1) is 0 Å². The largest absolute Gasteiger partial charge is 0.409 e. The summed E-state index contributed by atoms with van der Waals surface area (Å²) in [5.41, 5.74) is 1.00. The maximum absolute atomic E-state index is 12.0. The smallest absolute Gasteiger partial charge is 0.308 e. The van der Waals surface area contributed by atoms with Crippen molar-refractivity contribution < 1.29 is 13.2 Å². The van der Waals surface area contributed by atoms with Crippen LogP contribution >= 0.6 is 0 Å². The Morgan fingerprint density at radius 3 is 2.50 bits per heavy atom. The molecule has 20 heavy (non-hydrogen) atoms. The van der Waals surface area contributed by atoms with E-state index in [2.05, 4.69) is 20.8 Å². The Labute approximate surface area is 119 Å². The van der Waals surface area contributed by atoms with Crippen LogP contribution in [-0.4, -0.2) is 12.4 Å². The summed E-state index contributed by atoms with van der Waals surface area (Å²) in [4.78, 5) is 0. The number of nitrogens with one attached hydrogen (secondary N) is 1. The molecular formula is C16H24F3N. The van der Waals surface area contributed by atoms with Crippen molar-refractivity contribution in [2.45, 2.75) is 52.6 Å². The number of hydrogen-bond donors (Lipinski definition) is 1. The predicted octanol–water partition coefficient (Wildman–Crippen LogP) is 5.53. The first-order valence-corrected chi connectivity index (χ1v) is 7.12. The number of hydrogen-bond acceptors (Lipinski definition) is 1. The maximum atomic E-state index is 12.0. The van der Waals surface area contributed by atoms with E-state index >= 15 is 0 Å². The van der Waals surface area contributed by atoms with Gasteiger partial charge in [-0.2, -0.15) is 13.2 Å². The number of halogens is 3. The summed E-state index contributed by atoms with van der Waals surface area (Å²) in [5.74, 6) is 1.10. The van der Waals surface area contributed by atoms with Crippen LogP contribution in [0.15, 0.2) is 23.8 Å². The van der Waals surface area contributed by atoms with Gasteiger partial charge in [-0.3, -0.25) is 0 Å². The summed E-state index contributed by atoms with van der Waals surface area (Å²) in [6, 6.07) is 0. The highest BCUT2D eigenvalue weighted by atomic mass is 19.4. The molecule has 0 spiro atoms. The Kier molecular flexibility index (Phi) is 5.60. The van der Waals surface area contributed by atoms with Gasteiger partial charge in [0.15, 0.2) is 0 Å². The average Bonchev–Trinajstić information content (AvgIpc) is 2.69. The molecule has 1 rings (SSSR count). The average molecular weight is 287 g/mol. The van der Waals surface area contributed by atoms with E-state index in [-0.39, 0.29) is 6.08 Å². The van der Waals surface area contributed by atoms with E-state index in [9.17, 15) is 13.2 Å². The fraction of sp³-hybridized carbons (Fsp3) is 0.688. The third-order valence-electron chi connectivity index (χ3n) is 4.58. The molecule has 0 amide bonds. The third kappa shape index (κ3) is 5.14. The van der Waals surface area contributed by atoms with Crippen molar-refractivity contribution >= 4 is 6.21 Å². The minimum atomic E-state index is -4.28. The van der Waals surface area contributed by atoms with Crippen molar-refractivity contribution in [2.75, 3.05) is 0 Å². The lowest BCUT2D eigenvalue weighted by atomic mass is 9.77. The van der Waals surface area contributed by atoms with E-state index in [1.165, 1.54) is 18.7 Å². The van der Waals surface area contributed by atoms with Crippen LogP contribution in [-0.2, 0) is 0 Å². The molecule has 4 heteroatoms. The molecule has 0 aromatic rings. The normalized spacial score (nSPS) is 28.6. The highest BCUT2D eigenvalue weighted by Crippen LogP contribution is 2.48. The molecule has 0 bridgehead atoms. The Hall–Kier alpha value is -1.06. The third-order valence-corrected chi connectivity index (χ3v) is 4.58. The van der Waals surface area contributed by atoms with Crippen LogP contribution in [0.2, 0.25) is 0 Å². The molecule has 0 heterocycles. The molecule has 0 radical (unpaired) electrons. The molecule has 0 saturated heterocycles. The van der Waals surface area contributed by atoms with Gasteiger partial charge in [0.25, 0.3) is 0 Å². The van der Waals surface area contributed by atoms with E-state index < -0.39 is 6.18 Å². The fourth-order valence-corrected chi connectivity index (χ4v) is 2.89. The summed E-state index contributed by atoms with van der Waals surface area (Å²) >= 11 is 0. The Bertz CT molecular complexity index is 393. The van der Waals surface area contributed by atoms with Gasteiger partial charge < -0.3 is 5.41 Å². The fourth-order valence-electron chi connectivity index (χ4n) is 2.89. The monoisotopic (exact) mass is 287 g/mol. The predicted molar refractivity (Wildman–Crippen MR) is 77.0 cm³/mol. The van der Waals surface area contributed by atoms with Gasteiger partial charge in [-0.25, -0.2) is 0 Å². The van der Waals surface area contributed by atoms with Crippen molar-refractivity contribution in [3.8, 4) is 0 Å². The zero-order chi connectivity index (χ0) is 15.4. The van der Waals surface area contributed by atoms with E-state index in [0.29, 0.717) is 29.2 Å². The van der Waals surface area contributed by atoms with Crippen molar-refractivity contribution in [1.29, 1.82) is 5.41 Å². The number of alkyl halides is 3. The first-order chi connectivity index (χ1) is 9.16. The van der Waals surface area contributed by atoms with Gasteiger partial charge in [0.05, 0.1) is 0 Å². The van der Waals surface area contributed by atoms with Crippen LogP contribution < -0.4 is 0 Å². The van der Waals surface area contributed by atoms with Crippen LogP contribution in [0.5, 0.6) is 0 Å². The topological polar surface area (TPSA) is 23.9 Å². The van der Waals surface area contributed by atoms with Crippen LogP contribution in [0.25, 0.3) is 0 Å². The van der Waals surface area contributed by atoms with Gasteiger partial charge in [-0.05, 0) is 48.5 Å². The molecule has 1 N–H and O–H groups in total. The van der Waals surface area contributed by atoms with Crippen molar-refractivity contribution in [2.24, 2.45) is 17.3 Å². The van der Waals surface area contributed by atoms with Gasteiger partial charge in [-0.1, -0.05) is 32.9 Å². The quantitative estimate of drug-likeness (QED) is 0.507. The zero-order valence-corrected chi connectivity index (χ0v) is 12.4. The second kappa shape index (κ2) is 6.59. The van der Waals surface area contributed by atoms with Crippen molar-refractivity contribution in [3.05, 3.63) is 23.8 Å². The SMILES string of the molecule is CC(C)C1(C)CCC(C/C(C=N)=C/C=C/C(F)(F)F)C1. The standard InChI is InChI=1S/C16H24F3N/c1-12(2)15(3)8-6-13(10-15)9-14(11-20)5-4-7-16(17,18)19/h4-5,7,11-13,20H,6,8-10H2,1-3H3/b7-4+,14-5-,20-11?. The molecule has 1 fully saturated rings. The van der Waals surface area contributed by atoms with Gasteiger partial charge >= 0.3 is 6.18 Å². The molecule has 0 aromatic carbocycles. The Morgan fingerprint density at radius 2 is 2.05 bits per heavy atom. The minimum absolute atomic E-state index is 0.212. The first-order valence-electron chi connectivity index (χ1n) is 7.12. The Balaban J connectivity index is 2.61. The van der Waals surface area contributed by atoms with E-state index in [4.69, 9.17) is 5.41 Å². The highest BCUT2D eigenvalue weighted by molar-refractivity contribution is 5.76. The molecular weight excluding hydrogens is 263 g/mol. The number of rotatable bonds is 5. The summed E-state index contributed by atoms with van der Waals surface area (Å²) in [6.45, 7) is 6.73. The van der Waals surface area contributed by atoms with Crippen LogP contribution in [0.1, 0.15) is 46.5 Å². The first kappa shape index (κ1) is 17.0. The van der Waals surface area contributed by atoms with Gasteiger partial charge in [0.1, 0.15) is 0 Å². The molecule has 114 valence electrons. The van der Waals surface area contributed by atoms with Crippen molar-refractivity contribution in [1.82, 2.24) is 0 Å². The Morgan fingerprint density at radius 1 is 1.40 bits per heavy atom. The maximum Gasteiger partial charge on any atom is 0.409 e. The molecule has 1 aliphatic rings. The zero-order valence-electron chi connectivity index (χ0n) is 12.4. The second-order valence-corrected chi connectivity index (χ2v) is 6.41.